The Hall–Kier alpha value is -9.73. The summed E-state index contributed by atoms with van der Waals surface area (Å²) >= 11 is 0. The summed E-state index contributed by atoms with van der Waals surface area (Å²) in [5.41, 5.74) is -3.17. The van der Waals surface area contributed by atoms with Crippen LogP contribution in [0.2, 0.25) is 0 Å². The number of ether oxygens (including phenoxy) is 7. The standard InChI is InChI=1S/C15H23NO3.C14H21NO5.C14H21NO4.C14H19NO3.C11H16F3NO5S.C10H17NO3.C10H15NO.C4H5BO3.C4H8O.CH3.Ni/c1-11-9-16(14(17)19-15(2,3)4)7-5-13(11)12-6-8-18-10-12;1-13(2,3)20-12(17)15-6-5-14(18,11(16)8-15)10-4-7-19-9-10;1-14(2,3)19-13(17)15-6-4-11(12(16)8-15)10-5-7-18-9-10;1-14(2,3)18-13(16)15-7-4-11(5-8-15)12-6-9-17-10-12;1-10(2,3)19-9(16)15-6-4-8(5-7-15)20-21(17,18)11(12,13)14;1-10(2,3)14-9(13)11-6-4-8(12)5-7-11;1-8-6-11-4-2-10(8)9-3-5-12-7-9;6-5(7)4-1-2-8-3-4;1-2-4-5-3-1;;/h6,8,10-11,13H,5,7,9H2,1-4H3;4,7,9,11,16,18H,5-6,8H2,1-3H3;5,7,9,11-12,16H,4,6,8H2,1-3H3;4,6,9-10H,5,7-8H2,1-3H3;4H,5-7H2,1-3H3;4-7H2,1-3H3;3,5,7-8,10-11H,2,4,6H2,1H3;1-3,6-7H;1-4H2;1H3;/q;;;;;;;;;-1;. The van der Waals surface area contributed by atoms with E-state index in [1.54, 1.807) is 99.9 Å². The maximum absolute atomic E-state index is 12.2. The molecule has 6 amide bonds. The number of β-amino-alcohol motifs (C(OH)–C–C–N with tert-alkyl or cyclic N) is 2. The fourth-order valence-corrected chi connectivity index (χ4v) is 15.2. The first kappa shape index (κ1) is 121. The number of nitrogens with one attached hydrogen (secondary N) is 1. The molecular weight excluding hydrogens is 1870 g/mol. The molecule has 8 aliphatic rings. The summed E-state index contributed by atoms with van der Waals surface area (Å²) in [6.07, 6.45) is 25.9. The van der Waals surface area contributed by atoms with Crippen LogP contribution in [-0.2, 0) is 74.3 Å². The number of alkyl halides is 3. The molecule has 0 aliphatic carbocycles. The first-order valence-corrected chi connectivity index (χ1v) is 47.3. The molecule has 138 heavy (non-hydrogen) atoms. The monoisotopic (exact) mass is 2020 g/mol. The van der Waals surface area contributed by atoms with Crippen LogP contribution < -0.4 is 10.8 Å². The molecule has 780 valence electrons. The van der Waals surface area contributed by atoms with Crippen molar-refractivity contribution in [2.45, 2.75) is 277 Å². The molecule has 14 rings (SSSR count). The first-order chi connectivity index (χ1) is 63.3. The molecule has 0 aromatic carbocycles. The number of piperidine rings is 5. The van der Waals surface area contributed by atoms with E-state index >= 15 is 0 Å². The molecule has 0 saturated carbocycles. The summed E-state index contributed by atoms with van der Waals surface area (Å²) in [6.45, 7) is 46.3. The Morgan fingerprint density at radius 3 is 1.22 bits per heavy atom. The Balaban J connectivity index is 0.000000329. The smallest absolute Gasteiger partial charge is 0.473 e. The predicted octanol–water partition coefficient (Wildman–Crippen LogP) is 16.9. The van der Waals surface area contributed by atoms with Crippen molar-refractivity contribution in [3.63, 3.8) is 0 Å². The molecule has 6 saturated heterocycles. The fraction of sp³-hybridized carbons (Fsp3) is 0.629. The number of rotatable bonds is 8. The van der Waals surface area contributed by atoms with E-state index in [4.69, 9.17) is 65.3 Å². The second-order valence-electron chi connectivity index (χ2n) is 40.1. The average molecular weight is 2020 g/mol. The van der Waals surface area contributed by atoms with Crippen LogP contribution in [0.15, 0.2) is 156 Å². The largest absolute Gasteiger partial charge is 0.534 e. The maximum Gasteiger partial charge on any atom is 0.534 e. The van der Waals surface area contributed by atoms with Gasteiger partial charge in [-0.25, -0.2) is 28.8 Å². The van der Waals surface area contributed by atoms with Crippen molar-refractivity contribution in [2.24, 2.45) is 11.8 Å². The van der Waals surface area contributed by atoms with Gasteiger partial charge >= 0.3 is 59.3 Å². The number of carbonyl (C=O) groups excluding carboxylic acids is 7. The number of hydrogen-bond acceptors (Lipinski definition) is 29. The molecule has 6 aromatic heterocycles. The maximum atomic E-state index is 12.2. The first-order valence-electron chi connectivity index (χ1n) is 45.9. The third kappa shape index (κ3) is 43.2. The van der Waals surface area contributed by atoms with Gasteiger partial charge in [-0.1, -0.05) is 19.9 Å². The summed E-state index contributed by atoms with van der Waals surface area (Å²) in [6, 6.07) is 11.0. The van der Waals surface area contributed by atoms with E-state index in [9.17, 15) is 70.5 Å². The topological polar surface area (TPSA) is 439 Å². The number of likely N-dealkylation sites (tertiary alicyclic amines) is 4. The molecule has 35 nitrogen and oxygen atoms in total. The van der Waals surface area contributed by atoms with Gasteiger partial charge in [-0.2, -0.15) is 21.6 Å². The molecule has 6 fully saturated rings. The number of halogens is 3. The van der Waals surface area contributed by atoms with Gasteiger partial charge in [0, 0.05) is 143 Å². The van der Waals surface area contributed by atoms with Crippen LogP contribution in [0.1, 0.15) is 248 Å². The summed E-state index contributed by atoms with van der Waals surface area (Å²) in [5, 5.41) is 51.1. The molecule has 0 spiro atoms. The minimum atomic E-state index is -5.67. The summed E-state index contributed by atoms with van der Waals surface area (Å²) in [5.74, 6) is 2.23. The Morgan fingerprint density at radius 2 is 0.870 bits per heavy atom. The van der Waals surface area contributed by atoms with Crippen molar-refractivity contribution < 1.29 is 161 Å². The van der Waals surface area contributed by atoms with Gasteiger partial charge in [0.25, 0.3) is 0 Å². The Bertz CT molecular complexity index is 4620. The van der Waals surface area contributed by atoms with E-state index < -0.39 is 86.3 Å². The van der Waals surface area contributed by atoms with Crippen molar-refractivity contribution in [2.75, 3.05) is 105 Å². The zero-order valence-corrected chi connectivity index (χ0v) is 85.5. The molecule has 6 N–H and O–H groups in total. The third-order valence-electron chi connectivity index (χ3n) is 21.6. The zero-order chi connectivity index (χ0) is 101. The second-order valence-corrected chi connectivity index (χ2v) is 41.6. The Kier molecular flexibility index (Phi) is 48.0. The molecule has 8 atom stereocenters. The van der Waals surface area contributed by atoms with E-state index in [-0.39, 0.29) is 98.2 Å². The molecule has 8 unspecified atom stereocenters. The van der Waals surface area contributed by atoms with Gasteiger partial charge in [-0.3, -0.25) is 4.79 Å². The SMILES string of the molecule is C1CCOC1.CC(C)(C)OC(=O)N1CC=C(OS(=O)(=O)C(F)(F)F)CC1.CC(C)(C)OC(=O)N1CC=C(c2ccoc2)CC1.CC(C)(C)OC(=O)N1CCC(=O)CC1.CC(C)(C)OC(=O)N1CCC(O)(c2ccoc2)C(O)C1.CC(C)(C)OC(=O)N1CCC(c2ccoc2)C(O)C1.CC1CN(C(=O)OC(C)(C)C)CCC1c1ccoc1.CC1CNCCC1c1ccoc1.OB(O)c1ccoc1.[CH3-].[Ni]. The van der Waals surface area contributed by atoms with E-state index in [1.807, 2.05) is 119 Å². The van der Waals surface area contributed by atoms with Crippen molar-refractivity contribution in [1.82, 2.24) is 34.7 Å². The van der Waals surface area contributed by atoms with E-state index in [2.05, 4.69) is 39.9 Å². The van der Waals surface area contributed by atoms with E-state index in [1.165, 1.54) is 76.9 Å². The molecule has 0 radical (unpaired) electrons. The number of nitrogens with zero attached hydrogens (tertiary/aromatic N) is 6. The number of hydrogen-bond donors (Lipinski definition) is 6. The van der Waals surface area contributed by atoms with Crippen LogP contribution in [0.4, 0.5) is 41.9 Å². The number of amides is 6. The molecule has 6 aromatic rings. The van der Waals surface area contributed by atoms with Crippen LogP contribution in [-0.4, -0.2) is 269 Å². The van der Waals surface area contributed by atoms with Gasteiger partial charge in [0.15, 0.2) is 0 Å². The third-order valence-corrected chi connectivity index (χ3v) is 22.6. The van der Waals surface area contributed by atoms with Gasteiger partial charge < -0.3 is 131 Å². The minimum absolute atomic E-state index is 0. The van der Waals surface area contributed by atoms with Gasteiger partial charge in [0.2, 0.25) is 0 Å². The summed E-state index contributed by atoms with van der Waals surface area (Å²) < 4.78 is 129. The van der Waals surface area contributed by atoms with E-state index in [0.29, 0.717) is 93.9 Å². The quantitative estimate of drug-likeness (QED) is 0.0271. The second kappa shape index (κ2) is 54.9. The van der Waals surface area contributed by atoms with Gasteiger partial charge in [0.1, 0.15) is 56.9 Å². The molecule has 14 heterocycles. The summed E-state index contributed by atoms with van der Waals surface area (Å²) in [4.78, 5) is 91.2. The van der Waals surface area contributed by atoms with Gasteiger partial charge in [-0.15, -0.1) is 0 Å². The van der Waals surface area contributed by atoms with Crippen molar-refractivity contribution >= 4 is 70.6 Å². The molecule has 0 bridgehead atoms. The van der Waals surface area contributed by atoms with Crippen LogP contribution in [0.5, 0.6) is 0 Å². The number of aliphatic hydroxyl groups excluding tert-OH is 2. The minimum Gasteiger partial charge on any atom is -0.473 e. The van der Waals surface area contributed by atoms with Crippen molar-refractivity contribution in [3.05, 3.63) is 165 Å². The number of Topliss-reactive ketones (excluding diaryl/α,β-unsaturated/α-hetero) is 1. The van der Waals surface area contributed by atoms with Gasteiger partial charge in [-0.05, 0) is 265 Å². The number of aliphatic hydroxyl groups is 3. The van der Waals surface area contributed by atoms with Gasteiger partial charge in [0.05, 0.1) is 94.4 Å². The average Bonchev–Trinajstić information content (AvgIpc) is 1.37. The molecular formula is C97H148BF3N7NiO28S-. The summed E-state index contributed by atoms with van der Waals surface area (Å²) in [7, 11) is -7.08. The van der Waals surface area contributed by atoms with Crippen molar-refractivity contribution in [1.29, 1.82) is 0 Å². The van der Waals surface area contributed by atoms with Crippen molar-refractivity contribution in [3.8, 4) is 0 Å². The molecule has 8 aliphatic heterocycles. The zero-order valence-electron chi connectivity index (χ0n) is 83.7. The Morgan fingerprint density at radius 1 is 0.471 bits per heavy atom. The normalized spacial score (nSPS) is 21.3. The number of ketones is 1. The van der Waals surface area contributed by atoms with Crippen LogP contribution in [0, 0.1) is 19.3 Å². The number of furan rings is 6. The van der Waals surface area contributed by atoms with Crippen LogP contribution >= 0.6 is 0 Å². The fourth-order valence-electron chi connectivity index (χ4n) is 14.7. The number of carbonyl (C=O) groups is 7. The Labute approximate surface area is 820 Å². The molecule has 41 heteroatoms. The predicted molar refractivity (Wildman–Crippen MR) is 505 cm³/mol. The van der Waals surface area contributed by atoms with E-state index in [0.717, 1.165) is 75.4 Å². The van der Waals surface area contributed by atoms with Crippen LogP contribution in [0.3, 0.4) is 0 Å². The van der Waals surface area contributed by atoms with Crippen LogP contribution in [0.25, 0.3) is 5.57 Å².